The van der Waals surface area contributed by atoms with Gasteiger partial charge in [-0.1, -0.05) is 0 Å². The SMILES string of the molecule is CC(C(=O)N1CCOCC1)N1CCC(C)(C(=O)O)C1. The van der Waals surface area contributed by atoms with Gasteiger partial charge in [-0.15, -0.1) is 0 Å². The van der Waals surface area contributed by atoms with E-state index in [1.807, 2.05) is 16.7 Å². The number of nitrogens with zero attached hydrogens (tertiary/aromatic N) is 2. The van der Waals surface area contributed by atoms with Gasteiger partial charge in [0, 0.05) is 26.2 Å². The van der Waals surface area contributed by atoms with E-state index < -0.39 is 11.4 Å². The van der Waals surface area contributed by atoms with Crippen molar-refractivity contribution in [3.8, 4) is 0 Å². The Bertz CT molecular complexity index is 368. The fraction of sp³-hybridized carbons (Fsp3) is 0.846. The number of carbonyl (C=O) groups excluding carboxylic acids is 1. The van der Waals surface area contributed by atoms with Gasteiger partial charge in [-0.25, -0.2) is 0 Å². The first-order valence-corrected chi connectivity index (χ1v) is 6.78. The van der Waals surface area contributed by atoms with Gasteiger partial charge < -0.3 is 14.7 Å². The molecule has 0 aromatic carbocycles. The number of aliphatic carboxylic acids is 1. The van der Waals surface area contributed by atoms with Crippen LogP contribution in [0.15, 0.2) is 0 Å². The van der Waals surface area contributed by atoms with E-state index in [2.05, 4.69) is 0 Å². The van der Waals surface area contributed by atoms with Crippen LogP contribution >= 0.6 is 0 Å². The van der Waals surface area contributed by atoms with Crippen LogP contribution in [0.3, 0.4) is 0 Å². The van der Waals surface area contributed by atoms with Gasteiger partial charge in [0.2, 0.25) is 5.91 Å². The maximum absolute atomic E-state index is 12.3. The smallest absolute Gasteiger partial charge is 0.310 e. The van der Waals surface area contributed by atoms with Gasteiger partial charge in [0.25, 0.3) is 0 Å². The second kappa shape index (κ2) is 5.46. The van der Waals surface area contributed by atoms with Crippen molar-refractivity contribution in [3.63, 3.8) is 0 Å². The predicted molar refractivity (Wildman–Crippen MR) is 68.8 cm³/mol. The first-order chi connectivity index (χ1) is 8.94. The summed E-state index contributed by atoms with van der Waals surface area (Å²) in [6.07, 6.45) is 0.600. The Morgan fingerprint density at radius 1 is 1.26 bits per heavy atom. The van der Waals surface area contributed by atoms with E-state index in [1.54, 1.807) is 6.92 Å². The zero-order valence-electron chi connectivity index (χ0n) is 11.6. The highest BCUT2D eigenvalue weighted by Crippen LogP contribution is 2.31. The molecule has 19 heavy (non-hydrogen) atoms. The Balaban J connectivity index is 1.95. The lowest BCUT2D eigenvalue weighted by Gasteiger charge is -2.33. The van der Waals surface area contributed by atoms with Crippen LogP contribution in [-0.2, 0) is 14.3 Å². The summed E-state index contributed by atoms with van der Waals surface area (Å²) < 4.78 is 5.23. The minimum absolute atomic E-state index is 0.0814. The van der Waals surface area contributed by atoms with Gasteiger partial charge in [-0.2, -0.15) is 0 Å². The fourth-order valence-electron chi connectivity index (χ4n) is 2.71. The normalized spacial score (nSPS) is 30.3. The molecule has 1 amide bonds. The minimum Gasteiger partial charge on any atom is -0.481 e. The van der Waals surface area contributed by atoms with Crippen molar-refractivity contribution in [3.05, 3.63) is 0 Å². The van der Waals surface area contributed by atoms with E-state index in [1.165, 1.54) is 0 Å². The van der Waals surface area contributed by atoms with E-state index in [-0.39, 0.29) is 11.9 Å². The molecule has 2 saturated heterocycles. The fourth-order valence-corrected chi connectivity index (χ4v) is 2.71. The molecule has 0 radical (unpaired) electrons. The third kappa shape index (κ3) is 2.90. The highest BCUT2D eigenvalue weighted by molar-refractivity contribution is 5.82. The second-order valence-electron chi connectivity index (χ2n) is 5.70. The van der Waals surface area contributed by atoms with Crippen LogP contribution in [0.5, 0.6) is 0 Å². The Morgan fingerprint density at radius 3 is 2.42 bits per heavy atom. The summed E-state index contributed by atoms with van der Waals surface area (Å²) in [6.45, 7) is 7.17. The van der Waals surface area contributed by atoms with Crippen molar-refractivity contribution in [1.29, 1.82) is 0 Å². The predicted octanol–water partition coefficient (Wildman–Crippen LogP) is 0.0303. The molecule has 2 heterocycles. The second-order valence-corrected chi connectivity index (χ2v) is 5.70. The summed E-state index contributed by atoms with van der Waals surface area (Å²) in [4.78, 5) is 27.4. The quantitative estimate of drug-likeness (QED) is 0.783. The standard InChI is InChI=1S/C13H22N2O4/c1-10(11(16)14-5-7-19-8-6-14)15-4-3-13(2,9-15)12(17)18/h10H,3-9H2,1-2H3,(H,17,18). The average Bonchev–Trinajstić information content (AvgIpc) is 2.82. The van der Waals surface area contributed by atoms with Crippen LogP contribution in [-0.4, -0.2) is 72.2 Å². The average molecular weight is 270 g/mol. The molecule has 0 aromatic heterocycles. The maximum atomic E-state index is 12.3. The largest absolute Gasteiger partial charge is 0.481 e. The van der Waals surface area contributed by atoms with Crippen molar-refractivity contribution in [2.24, 2.45) is 5.41 Å². The van der Waals surface area contributed by atoms with E-state index in [0.717, 1.165) is 0 Å². The number of carboxylic acids is 1. The Labute approximate surface area is 113 Å². The number of ether oxygens (including phenoxy) is 1. The summed E-state index contributed by atoms with van der Waals surface area (Å²) in [5.41, 5.74) is -0.723. The maximum Gasteiger partial charge on any atom is 0.310 e. The molecule has 1 N–H and O–H groups in total. The van der Waals surface area contributed by atoms with Crippen LogP contribution in [0.1, 0.15) is 20.3 Å². The number of amides is 1. The lowest BCUT2D eigenvalue weighted by molar-refractivity contribution is -0.148. The molecule has 0 saturated carbocycles. The molecule has 2 fully saturated rings. The number of rotatable bonds is 3. The Hall–Kier alpha value is -1.14. The first kappa shape index (κ1) is 14.3. The molecule has 0 bridgehead atoms. The summed E-state index contributed by atoms with van der Waals surface area (Å²) in [5.74, 6) is -0.695. The van der Waals surface area contributed by atoms with E-state index >= 15 is 0 Å². The highest BCUT2D eigenvalue weighted by atomic mass is 16.5. The lowest BCUT2D eigenvalue weighted by atomic mass is 9.90. The van der Waals surface area contributed by atoms with Crippen LogP contribution in [0.2, 0.25) is 0 Å². The van der Waals surface area contributed by atoms with Gasteiger partial charge in [0.05, 0.1) is 24.7 Å². The van der Waals surface area contributed by atoms with Crippen LogP contribution < -0.4 is 0 Å². The molecule has 0 spiro atoms. The van der Waals surface area contributed by atoms with Crippen LogP contribution in [0.4, 0.5) is 0 Å². The molecular weight excluding hydrogens is 248 g/mol. The number of morpholine rings is 1. The number of hydrogen-bond donors (Lipinski definition) is 1. The molecule has 0 aromatic rings. The van der Waals surface area contributed by atoms with Gasteiger partial charge in [-0.3, -0.25) is 14.5 Å². The number of carboxylic acid groups (broad SMARTS) is 1. The van der Waals surface area contributed by atoms with Crippen LogP contribution in [0.25, 0.3) is 0 Å². The van der Waals surface area contributed by atoms with Gasteiger partial charge in [-0.05, 0) is 20.3 Å². The minimum atomic E-state index is -0.777. The third-order valence-electron chi connectivity index (χ3n) is 4.25. The molecule has 0 aliphatic carbocycles. The van der Waals surface area contributed by atoms with E-state index in [9.17, 15) is 14.7 Å². The van der Waals surface area contributed by atoms with Crippen molar-refractivity contribution in [2.45, 2.75) is 26.3 Å². The van der Waals surface area contributed by atoms with E-state index in [0.29, 0.717) is 45.8 Å². The van der Waals surface area contributed by atoms with E-state index in [4.69, 9.17) is 4.74 Å². The van der Waals surface area contributed by atoms with Gasteiger partial charge in [0.15, 0.2) is 0 Å². The van der Waals surface area contributed by atoms with Crippen molar-refractivity contribution in [1.82, 2.24) is 9.80 Å². The summed E-state index contributed by atoms with van der Waals surface area (Å²) in [5, 5.41) is 9.22. The number of carbonyl (C=O) groups is 2. The molecule has 6 heteroatoms. The lowest BCUT2D eigenvalue weighted by Crippen LogP contribution is -2.50. The molecular formula is C13H22N2O4. The summed E-state index contributed by atoms with van der Waals surface area (Å²) in [7, 11) is 0. The topological polar surface area (TPSA) is 70.1 Å². The molecule has 2 aliphatic heterocycles. The van der Waals surface area contributed by atoms with Crippen molar-refractivity contribution in [2.75, 3.05) is 39.4 Å². The zero-order valence-corrected chi connectivity index (χ0v) is 11.6. The third-order valence-corrected chi connectivity index (χ3v) is 4.25. The Kier molecular flexibility index (Phi) is 4.10. The first-order valence-electron chi connectivity index (χ1n) is 6.78. The molecule has 2 atom stereocenters. The molecule has 2 rings (SSSR count). The molecule has 2 unspecified atom stereocenters. The molecule has 108 valence electrons. The number of hydrogen-bond acceptors (Lipinski definition) is 4. The number of likely N-dealkylation sites (tertiary alicyclic amines) is 1. The monoisotopic (exact) mass is 270 g/mol. The van der Waals surface area contributed by atoms with Crippen LogP contribution in [0, 0.1) is 5.41 Å². The molecule has 2 aliphatic rings. The van der Waals surface area contributed by atoms with Crippen molar-refractivity contribution >= 4 is 11.9 Å². The van der Waals surface area contributed by atoms with Gasteiger partial charge >= 0.3 is 5.97 Å². The van der Waals surface area contributed by atoms with Crippen molar-refractivity contribution < 1.29 is 19.4 Å². The zero-order chi connectivity index (χ0) is 14.0. The highest BCUT2D eigenvalue weighted by Gasteiger charge is 2.43. The summed E-state index contributed by atoms with van der Waals surface area (Å²) in [6, 6.07) is -0.251. The Morgan fingerprint density at radius 2 is 1.89 bits per heavy atom. The molecule has 6 nitrogen and oxygen atoms in total. The van der Waals surface area contributed by atoms with Gasteiger partial charge in [0.1, 0.15) is 0 Å². The summed E-state index contributed by atoms with van der Waals surface area (Å²) >= 11 is 0.